The predicted octanol–water partition coefficient (Wildman–Crippen LogP) is 2.38. The minimum absolute atomic E-state index is 0.0616. The van der Waals surface area contributed by atoms with Gasteiger partial charge in [0.2, 0.25) is 10.0 Å². The standard InChI is InChI=1S/C15H16N2O4S/c1-17(2)22(20,21)12-8-9-14(13(10-12)15(18)19)16-11-6-4-3-5-7-11/h3-10,16H,1-2H3,(H,18,19). The van der Waals surface area contributed by atoms with Crippen LogP contribution in [0, 0.1) is 0 Å². The Morgan fingerprint density at radius 3 is 2.27 bits per heavy atom. The third-order valence-electron chi connectivity index (χ3n) is 3.05. The lowest BCUT2D eigenvalue weighted by Gasteiger charge is -2.14. The van der Waals surface area contributed by atoms with Gasteiger partial charge >= 0.3 is 5.97 Å². The van der Waals surface area contributed by atoms with Gasteiger partial charge in [0.1, 0.15) is 0 Å². The minimum atomic E-state index is -3.68. The molecule has 0 bridgehead atoms. The number of hydrogen-bond acceptors (Lipinski definition) is 4. The van der Waals surface area contributed by atoms with Gasteiger partial charge in [-0.25, -0.2) is 17.5 Å². The Bertz CT molecular complexity index is 786. The van der Waals surface area contributed by atoms with E-state index in [1.54, 1.807) is 12.1 Å². The van der Waals surface area contributed by atoms with E-state index in [1.165, 1.54) is 26.2 Å². The zero-order chi connectivity index (χ0) is 16.3. The number of sulfonamides is 1. The molecule has 2 aromatic carbocycles. The maximum absolute atomic E-state index is 12.1. The van der Waals surface area contributed by atoms with Gasteiger partial charge in [-0.05, 0) is 30.3 Å². The van der Waals surface area contributed by atoms with Crippen LogP contribution in [-0.2, 0) is 10.0 Å². The number of carboxylic acid groups (broad SMARTS) is 1. The van der Waals surface area contributed by atoms with Crippen molar-refractivity contribution in [1.82, 2.24) is 4.31 Å². The van der Waals surface area contributed by atoms with Crippen molar-refractivity contribution in [1.29, 1.82) is 0 Å². The molecule has 0 heterocycles. The summed E-state index contributed by atoms with van der Waals surface area (Å²) in [7, 11) is -0.891. The van der Waals surface area contributed by atoms with E-state index in [0.717, 1.165) is 10.4 Å². The number of hydrogen-bond donors (Lipinski definition) is 2. The van der Waals surface area contributed by atoms with Crippen LogP contribution in [0.3, 0.4) is 0 Å². The lowest BCUT2D eigenvalue weighted by atomic mass is 10.1. The number of carbonyl (C=O) groups is 1. The second kappa shape index (κ2) is 6.17. The largest absolute Gasteiger partial charge is 0.478 e. The molecule has 0 aliphatic rings. The van der Waals surface area contributed by atoms with Crippen LogP contribution in [-0.4, -0.2) is 37.9 Å². The molecule has 0 atom stereocenters. The van der Waals surface area contributed by atoms with Crippen molar-refractivity contribution in [3.63, 3.8) is 0 Å². The lowest BCUT2D eigenvalue weighted by Crippen LogP contribution is -2.22. The summed E-state index contributed by atoms with van der Waals surface area (Å²) in [5.41, 5.74) is 0.941. The molecule has 2 rings (SSSR count). The number of nitrogens with one attached hydrogen (secondary N) is 1. The number of nitrogens with zero attached hydrogens (tertiary/aromatic N) is 1. The molecular formula is C15H16N2O4S. The van der Waals surface area contributed by atoms with Crippen molar-refractivity contribution < 1.29 is 18.3 Å². The summed E-state index contributed by atoms with van der Waals surface area (Å²) in [6.07, 6.45) is 0. The van der Waals surface area contributed by atoms with Gasteiger partial charge in [0.25, 0.3) is 0 Å². The first-order chi connectivity index (χ1) is 10.3. The first-order valence-electron chi connectivity index (χ1n) is 6.44. The molecule has 0 fully saturated rings. The third-order valence-corrected chi connectivity index (χ3v) is 4.86. The summed E-state index contributed by atoms with van der Waals surface area (Å²) in [6.45, 7) is 0. The first kappa shape index (κ1) is 16.0. The van der Waals surface area contributed by atoms with Gasteiger partial charge in [-0.1, -0.05) is 18.2 Å². The molecular weight excluding hydrogens is 304 g/mol. The second-order valence-electron chi connectivity index (χ2n) is 4.79. The van der Waals surface area contributed by atoms with Crippen LogP contribution in [0.15, 0.2) is 53.4 Å². The van der Waals surface area contributed by atoms with Crippen LogP contribution in [0.2, 0.25) is 0 Å². The third kappa shape index (κ3) is 3.26. The maximum atomic E-state index is 12.1. The van der Waals surface area contributed by atoms with Crippen LogP contribution in [0.25, 0.3) is 0 Å². The van der Waals surface area contributed by atoms with Gasteiger partial charge in [0.05, 0.1) is 16.1 Å². The van der Waals surface area contributed by atoms with Gasteiger partial charge in [0, 0.05) is 19.8 Å². The molecule has 0 aliphatic carbocycles. The zero-order valence-electron chi connectivity index (χ0n) is 12.1. The SMILES string of the molecule is CN(C)S(=O)(=O)c1ccc(Nc2ccccc2)c(C(=O)O)c1. The van der Waals surface area contributed by atoms with E-state index in [0.29, 0.717) is 11.4 Å². The Labute approximate surface area is 129 Å². The highest BCUT2D eigenvalue weighted by atomic mass is 32.2. The van der Waals surface area contributed by atoms with E-state index in [2.05, 4.69) is 5.32 Å². The Morgan fingerprint density at radius 1 is 1.09 bits per heavy atom. The van der Waals surface area contributed by atoms with E-state index < -0.39 is 16.0 Å². The summed E-state index contributed by atoms with van der Waals surface area (Å²) in [4.78, 5) is 11.4. The number of rotatable bonds is 5. The van der Waals surface area contributed by atoms with Gasteiger partial charge < -0.3 is 10.4 Å². The van der Waals surface area contributed by atoms with Crippen LogP contribution in [0.1, 0.15) is 10.4 Å². The number of para-hydroxylation sites is 1. The van der Waals surface area contributed by atoms with Crippen LogP contribution in [0.5, 0.6) is 0 Å². The summed E-state index contributed by atoms with van der Waals surface area (Å²) in [5.74, 6) is -1.20. The molecule has 0 amide bonds. The lowest BCUT2D eigenvalue weighted by molar-refractivity contribution is 0.0697. The monoisotopic (exact) mass is 320 g/mol. The number of anilines is 2. The molecule has 2 aromatic rings. The van der Waals surface area contributed by atoms with Crippen LogP contribution in [0.4, 0.5) is 11.4 Å². The Hall–Kier alpha value is -2.38. The quantitative estimate of drug-likeness (QED) is 0.883. The molecule has 6 nitrogen and oxygen atoms in total. The van der Waals surface area contributed by atoms with Gasteiger partial charge in [0.15, 0.2) is 0 Å². The Kier molecular flexibility index (Phi) is 4.48. The topological polar surface area (TPSA) is 86.7 Å². The van der Waals surface area contributed by atoms with Crippen molar-refractivity contribution in [2.75, 3.05) is 19.4 Å². The predicted molar refractivity (Wildman–Crippen MR) is 84.0 cm³/mol. The van der Waals surface area contributed by atoms with Crippen LogP contribution < -0.4 is 5.32 Å². The number of aromatic carboxylic acids is 1. The highest BCUT2D eigenvalue weighted by Crippen LogP contribution is 2.25. The van der Waals surface area contributed by atoms with Crippen molar-refractivity contribution in [2.45, 2.75) is 4.90 Å². The van der Waals surface area contributed by atoms with E-state index in [9.17, 15) is 18.3 Å². The Morgan fingerprint density at radius 2 is 1.73 bits per heavy atom. The first-order valence-corrected chi connectivity index (χ1v) is 7.88. The number of carboxylic acids is 1. The van der Waals surface area contributed by atoms with Crippen molar-refractivity contribution >= 4 is 27.4 Å². The van der Waals surface area contributed by atoms with Crippen molar-refractivity contribution in [3.8, 4) is 0 Å². The molecule has 0 saturated carbocycles. The molecule has 0 spiro atoms. The van der Waals surface area contributed by atoms with E-state index in [-0.39, 0.29) is 10.5 Å². The zero-order valence-corrected chi connectivity index (χ0v) is 13.0. The Balaban J connectivity index is 2.47. The average Bonchev–Trinajstić information content (AvgIpc) is 2.48. The molecule has 0 unspecified atom stereocenters. The number of benzene rings is 2. The molecule has 0 radical (unpaired) electrons. The smallest absolute Gasteiger partial charge is 0.337 e. The highest BCUT2D eigenvalue weighted by Gasteiger charge is 2.21. The van der Waals surface area contributed by atoms with Crippen molar-refractivity contribution in [3.05, 3.63) is 54.1 Å². The fourth-order valence-electron chi connectivity index (χ4n) is 1.86. The molecule has 116 valence electrons. The average molecular weight is 320 g/mol. The van der Waals surface area contributed by atoms with Gasteiger partial charge in [-0.3, -0.25) is 0 Å². The summed E-state index contributed by atoms with van der Waals surface area (Å²) in [6, 6.07) is 13.0. The van der Waals surface area contributed by atoms with Crippen LogP contribution >= 0.6 is 0 Å². The second-order valence-corrected chi connectivity index (χ2v) is 6.94. The molecule has 0 aromatic heterocycles. The molecule has 0 saturated heterocycles. The molecule has 0 aliphatic heterocycles. The van der Waals surface area contributed by atoms with E-state index in [1.807, 2.05) is 18.2 Å². The van der Waals surface area contributed by atoms with E-state index >= 15 is 0 Å². The van der Waals surface area contributed by atoms with Gasteiger partial charge in [-0.15, -0.1) is 0 Å². The normalized spacial score (nSPS) is 11.4. The fourth-order valence-corrected chi connectivity index (χ4v) is 2.79. The fraction of sp³-hybridized carbons (Fsp3) is 0.133. The highest BCUT2D eigenvalue weighted by molar-refractivity contribution is 7.89. The maximum Gasteiger partial charge on any atom is 0.337 e. The molecule has 2 N–H and O–H groups in total. The van der Waals surface area contributed by atoms with E-state index in [4.69, 9.17) is 0 Å². The molecule has 7 heteroatoms. The minimum Gasteiger partial charge on any atom is -0.478 e. The summed E-state index contributed by atoms with van der Waals surface area (Å²) >= 11 is 0. The van der Waals surface area contributed by atoms with Crippen molar-refractivity contribution in [2.24, 2.45) is 0 Å². The van der Waals surface area contributed by atoms with Gasteiger partial charge in [-0.2, -0.15) is 0 Å². The summed E-state index contributed by atoms with van der Waals surface area (Å²) < 4.78 is 25.2. The summed E-state index contributed by atoms with van der Waals surface area (Å²) in [5, 5.41) is 12.3. The molecule has 22 heavy (non-hydrogen) atoms.